The molecule has 0 aromatic rings. The van der Waals surface area contributed by atoms with Gasteiger partial charge in [0.1, 0.15) is 5.60 Å². The van der Waals surface area contributed by atoms with Crippen molar-refractivity contribution in [1.82, 2.24) is 5.32 Å². The van der Waals surface area contributed by atoms with E-state index in [0.29, 0.717) is 0 Å². The molecule has 2 atom stereocenters. The van der Waals surface area contributed by atoms with Crippen LogP contribution in [0.25, 0.3) is 0 Å². The Hall–Kier alpha value is -1.30. The van der Waals surface area contributed by atoms with Crippen LogP contribution in [0.1, 0.15) is 41.5 Å². The van der Waals surface area contributed by atoms with Gasteiger partial charge in [0.15, 0.2) is 6.10 Å². The van der Waals surface area contributed by atoms with Crippen LogP contribution in [-0.4, -0.2) is 40.0 Å². The summed E-state index contributed by atoms with van der Waals surface area (Å²) in [4.78, 5) is 22.4. The van der Waals surface area contributed by atoms with Gasteiger partial charge < -0.3 is 20.3 Å². The lowest BCUT2D eigenvalue weighted by molar-refractivity contribution is -0.149. The van der Waals surface area contributed by atoms with Crippen LogP contribution in [0.5, 0.6) is 0 Å². The first-order valence-corrected chi connectivity index (χ1v) is 5.75. The van der Waals surface area contributed by atoms with Gasteiger partial charge in [0.2, 0.25) is 0 Å². The van der Waals surface area contributed by atoms with Gasteiger partial charge in [-0.2, -0.15) is 0 Å². The molecule has 0 heterocycles. The fraction of sp³-hybridized carbons (Fsp3) is 0.833. The van der Waals surface area contributed by atoms with Gasteiger partial charge in [-0.3, -0.25) is 0 Å². The monoisotopic (exact) mass is 261 g/mol. The maximum Gasteiger partial charge on any atom is 0.407 e. The van der Waals surface area contributed by atoms with Crippen LogP contribution >= 0.6 is 0 Å². The number of ether oxygens (including phenoxy) is 1. The Morgan fingerprint density at radius 3 is 1.83 bits per heavy atom. The zero-order valence-corrected chi connectivity index (χ0v) is 11.8. The Bertz CT molecular complexity index is 313. The summed E-state index contributed by atoms with van der Waals surface area (Å²) < 4.78 is 5.04. The van der Waals surface area contributed by atoms with Gasteiger partial charge in [-0.25, -0.2) is 9.59 Å². The molecule has 0 aliphatic heterocycles. The molecule has 0 radical (unpaired) electrons. The second kappa shape index (κ2) is 5.56. The van der Waals surface area contributed by atoms with Crippen molar-refractivity contribution in [2.45, 2.75) is 59.3 Å². The lowest BCUT2D eigenvalue weighted by Gasteiger charge is -2.33. The Kier molecular flexibility index (Phi) is 5.16. The molecule has 0 spiro atoms. The van der Waals surface area contributed by atoms with Crippen LogP contribution in [0, 0.1) is 5.41 Å². The minimum Gasteiger partial charge on any atom is -0.479 e. The lowest BCUT2D eigenvalue weighted by atomic mass is 9.83. The standard InChI is InChI=1S/C12H23NO5/c1-11(2,3)8(7(14)9(15)16)13-10(17)18-12(4,5)6/h7-8,14H,1-6H3,(H,13,17)(H,15,16). The molecule has 0 aliphatic carbocycles. The van der Waals surface area contributed by atoms with Gasteiger partial charge in [-0.1, -0.05) is 20.8 Å². The topological polar surface area (TPSA) is 95.9 Å². The van der Waals surface area contributed by atoms with Gasteiger partial charge in [-0.05, 0) is 26.2 Å². The van der Waals surface area contributed by atoms with Gasteiger partial charge in [-0.15, -0.1) is 0 Å². The van der Waals surface area contributed by atoms with Crippen LogP contribution in [0.3, 0.4) is 0 Å². The number of amides is 1. The predicted molar refractivity (Wildman–Crippen MR) is 66.3 cm³/mol. The number of hydrogen-bond acceptors (Lipinski definition) is 4. The number of carbonyl (C=O) groups excluding carboxylic acids is 1. The summed E-state index contributed by atoms with van der Waals surface area (Å²) in [6, 6.07) is -0.940. The van der Waals surface area contributed by atoms with Crippen LogP contribution in [0.2, 0.25) is 0 Å². The summed E-state index contributed by atoms with van der Waals surface area (Å²) in [5.41, 5.74) is -1.30. The first-order chi connectivity index (χ1) is 7.84. The Labute approximate surface area is 107 Å². The van der Waals surface area contributed by atoms with Crippen molar-refractivity contribution in [1.29, 1.82) is 0 Å². The molecule has 3 N–H and O–H groups in total. The van der Waals surface area contributed by atoms with Gasteiger partial charge in [0.05, 0.1) is 6.04 Å². The second-order valence-corrected chi connectivity index (χ2v) is 6.27. The van der Waals surface area contributed by atoms with E-state index in [4.69, 9.17) is 9.84 Å². The molecule has 2 unspecified atom stereocenters. The molecule has 0 saturated carbocycles. The largest absolute Gasteiger partial charge is 0.479 e. The summed E-state index contributed by atoms with van der Waals surface area (Å²) >= 11 is 0. The van der Waals surface area contributed by atoms with Crippen molar-refractivity contribution in [3.63, 3.8) is 0 Å². The minimum absolute atomic E-state index is 0.616. The van der Waals surface area contributed by atoms with Crippen molar-refractivity contribution in [3.05, 3.63) is 0 Å². The molecule has 106 valence electrons. The van der Waals surface area contributed by atoms with E-state index in [9.17, 15) is 14.7 Å². The van der Waals surface area contributed by atoms with Gasteiger partial charge in [0, 0.05) is 0 Å². The second-order valence-electron chi connectivity index (χ2n) is 6.27. The number of carbonyl (C=O) groups is 2. The molecular weight excluding hydrogens is 238 g/mol. The maximum absolute atomic E-state index is 11.6. The van der Waals surface area contributed by atoms with E-state index in [-0.39, 0.29) is 0 Å². The molecule has 0 aromatic heterocycles. The summed E-state index contributed by atoms with van der Waals surface area (Å²) in [6.07, 6.45) is -2.43. The maximum atomic E-state index is 11.6. The van der Waals surface area contributed by atoms with E-state index in [2.05, 4.69) is 5.32 Å². The van der Waals surface area contributed by atoms with Crippen molar-refractivity contribution in [2.24, 2.45) is 5.41 Å². The molecule has 0 aliphatic rings. The third-order valence-electron chi connectivity index (χ3n) is 2.17. The number of alkyl carbamates (subject to hydrolysis) is 1. The molecule has 0 saturated heterocycles. The predicted octanol–water partition coefficient (Wildman–Crippen LogP) is 1.37. The van der Waals surface area contributed by atoms with Gasteiger partial charge >= 0.3 is 12.1 Å². The molecule has 18 heavy (non-hydrogen) atoms. The van der Waals surface area contributed by atoms with Crippen molar-refractivity contribution in [2.75, 3.05) is 0 Å². The molecule has 0 rings (SSSR count). The van der Waals surface area contributed by atoms with E-state index in [0.717, 1.165) is 0 Å². The number of rotatable bonds is 3. The SMILES string of the molecule is CC(C)(C)OC(=O)NC(C(O)C(=O)O)C(C)(C)C. The van der Waals surface area contributed by atoms with E-state index >= 15 is 0 Å². The van der Waals surface area contributed by atoms with E-state index in [1.807, 2.05) is 0 Å². The zero-order valence-electron chi connectivity index (χ0n) is 11.8. The summed E-state index contributed by atoms with van der Waals surface area (Å²) in [7, 11) is 0. The Balaban J connectivity index is 4.83. The van der Waals surface area contributed by atoms with E-state index < -0.39 is 35.2 Å². The number of carboxylic acid groups (broad SMARTS) is 1. The Morgan fingerprint density at radius 2 is 1.56 bits per heavy atom. The van der Waals surface area contributed by atoms with Crippen molar-refractivity contribution in [3.8, 4) is 0 Å². The Morgan fingerprint density at radius 1 is 1.11 bits per heavy atom. The number of aliphatic hydroxyl groups excluding tert-OH is 1. The van der Waals surface area contributed by atoms with E-state index in [1.54, 1.807) is 41.5 Å². The van der Waals surface area contributed by atoms with Crippen molar-refractivity contribution < 1.29 is 24.5 Å². The van der Waals surface area contributed by atoms with Crippen LogP contribution in [0.15, 0.2) is 0 Å². The first-order valence-electron chi connectivity index (χ1n) is 5.75. The molecule has 6 nitrogen and oxygen atoms in total. The molecule has 6 heteroatoms. The third kappa shape index (κ3) is 5.86. The fourth-order valence-corrected chi connectivity index (χ4v) is 1.35. The average Bonchev–Trinajstić information content (AvgIpc) is 2.08. The summed E-state index contributed by atoms with van der Waals surface area (Å²) in [5, 5.41) is 20.8. The summed E-state index contributed by atoms with van der Waals surface area (Å²) in [6.45, 7) is 10.3. The normalized spacial score (nSPS) is 15.7. The highest BCUT2D eigenvalue weighted by atomic mass is 16.6. The highest BCUT2D eigenvalue weighted by Gasteiger charge is 2.37. The van der Waals surface area contributed by atoms with Gasteiger partial charge in [0.25, 0.3) is 0 Å². The average molecular weight is 261 g/mol. The highest BCUT2D eigenvalue weighted by Crippen LogP contribution is 2.22. The number of aliphatic carboxylic acids is 1. The molecular formula is C12H23NO5. The molecule has 0 aromatic carbocycles. The fourth-order valence-electron chi connectivity index (χ4n) is 1.35. The van der Waals surface area contributed by atoms with Crippen LogP contribution in [0.4, 0.5) is 4.79 Å². The number of nitrogens with one attached hydrogen (secondary N) is 1. The molecule has 0 bridgehead atoms. The first kappa shape index (κ1) is 16.7. The number of aliphatic hydroxyl groups is 1. The molecule has 1 amide bonds. The van der Waals surface area contributed by atoms with Crippen LogP contribution < -0.4 is 5.32 Å². The lowest BCUT2D eigenvalue weighted by Crippen LogP contribution is -2.54. The highest BCUT2D eigenvalue weighted by molar-refractivity contribution is 5.75. The minimum atomic E-state index is -1.68. The van der Waals surface area contributed by atoms with Crippen LogP contribution in [-0.2, 0) is 9.53 Å². The molecule has 0 fully saturated rings. The summed E-state index contributed by atoms with van der Waals surface area (Å²) in [5.74, 6) is -1.38. The smallest absolute Gasteiger partial charge is 0.407 e. The zero-order chi connectivity index (χ0) is 14.7. The number of carboxylic acids is 1. The number of hydrogen-bond donors (Lipinski definition) is 3. The third-order valence-corrected chi connectivity index (χ3v) is 2.17. The van der Waals surface area contributed by atoms with Crippen molar-refractivity contribution >= 4 is 12.1 Å². The quantitative estimate of drug-likeness (QED) is 0.713. The van der Waals surface area contributed by atoms with E-state index in [1.165, 1.54) is 0 Å².